The predicted molar refractivity (Wildman–Crippen MR) is 60.4 cm³/mol. The van der Waals surface area contributed by atoms with E-state index in [0.29, 0.717) is 17.0 Å². The summed E-state index contributed by atoms with van der Waals surface area (Å²) >= 11 is 0. The van der Waals surface area contributed by atoms with Gasteiger partial charge in [0.15, 0.2) is 0 Å². The van der Waals surface area contributed by atoms with Gasteiger partial charge < -0.3 is 9.15 Å². The Balaban J connectivity index is 2.24. The second-order valence-corrected chi connectivity index (χ2v) is 3.92. The monoisotopic (exact) mass is 270 g/mol. The van der Waals surface area contributed by atoms with Gasteiger partial charge in [0.2, 0.25) is 0 Å². The molecule has 0 aliphatic heterocycles. The summed E-state index contributed by atoms with van der Waals surface area (Å²) in [6, 6.07) is 8.34. The number of hydrogen-bond acceptors (Lipinski definition) is 2. The molecule has 0 unspecified atom stereocenters. The molecule has 0 spiro atoms. The average molecular weight is 270 g/mol. The Kier molecular flexibility index (Phi) is 2.41. The zero-order chi connectivity index (χ0) is 13.6. The normalized spacial score (nSPS) is 12.2. The molecule has 0 saturated heterocycles. The molecule has 0 atom stereocenters. The lowest BCUT2D eigenvalue weighted by Crippen LogP contribution is -2.17. The van der Waals surface area contributed by atoms with Crippen LogP contribution in [0.25, 0.3) is 21.9 Å². The van der Waals surface area contributed by atoms with Gasteiger partial charge in [0, 0.05) is 17.5 Å². The van der Waals surface area contributed by atoms with Crippen LogP contribution in [-0.4, -0.2) is 6.36 Å². The Morgan fingerprint density at radius 2 is 1.74 bits per heavy atom. The van der Waals surface area contributed by atoms with Crippen molar-refractivity contribution in [3.05, 3.63) is 42.2 Å². The fraction of sp³-hybridized carbons (Fsp3) is 0.0769. The van der Waals surface area contributed by atoms with Crippen molar-refractivity contribution < 1.29 is 26.7 Å². The van der Waals surface area contributed by atoms with E-state index < -0.39 is 17.9 Å². The molecule has 0 radical (unpaired) electrons. The second-order valence-electron chi connectivity index (χ2n) is 3.92. The molecule has 0 saturated carbocycles. The summed E-state index contributed by atoms with van der Waals surface area (Å²) in [7, 11) is 0. The average Bonchev–Trinajstić information content (AvgIpc) is 2.64. The minimum absolute atomic E-state index is 0.0143. The van der Waals surface area contributed by atoms with Crippen molar-refractivity contribution in [2.24, 2.45) is 0 Å². The Morgan fingerprint density at radius 3 is 2.47 bits per heavy atom. The highest BCUT2D eigenvalue weighted by Gasteiger charge is 2.31. The molecule has 1 aromatic heterocycles. The molecule has 1 heterocycles. The molecule has 19 heavy (non-hydrogen) atoms. The summed E-state index contributed by atoms with van der Waals surface area (Å²) in [5.74, 6) is -1.46. The van der Waals surface area contributed by atoms with Crippen LogP contribution in [0.3, 0.4) is 0 Å². The molecule has 3 rings (SSSR count). The van der Waals surface area contributed by atoms with Crippen LogP contribution in [0.15, 0.2) is 40.8 Å². The van der Waals surface area contributed by atoms with Gasteiger partial charge in [-0.25, -0.2) is 4.39 Å². The molecule has 0 N–H and O–H groups in total. The minimum Gasteiger partial charge on any atom is -0.456 e. The molecular formula is C13H6F4O2. The highest BCUT2D eigenvalue weighted by Crippen LogP contribution is 2.34. The molecule has 0 bridgehead atoms. The summed E-state index contributed by atoms with van der Waals surface area (Å²) in [6.07, 6.45) is -4.87. The van der Waals surface area contributed by atoms with E-state index >= 15 is 0 Å². The molecule has 98 valence electrons. The standard InChI is InChI=1S/C13H6F4O2/c14-9-5-7(19-13(15,16)17)6-11-12(9)8-3-1-2-4-10(8)18-11/h1-6H. The van der Waals surface area contributed by atoms with Gasteiger partial charge in [-0.05, 0) is 6.07 Å². The Hall–Kier alpha value is -2.24. The van der Waals surface area contributed by atoms with Crippen LogP contribution in [0.1, 0.15) is 0 Å². The molecule has 0 amide bonds. The van der Waals surface area contributed by atoms with Crippen molar-refractivity contribution in [3.8, 4) is 5.75 Å². The number of para-hydroxylation sites is 1. The zero-order valence-corrected chi connectivity index (χ0v) is 9.29. The molecule has 0 aliphatic rings. The van der Waals surface area contributed by atoms with E-state index in [1.807, 2.05) is 0 Å². The first kappa shape index (κ1) is 11.8. The van der Waals surface area contributed by atoms with Crippen LogP contribution < -0.4 is 4.74 Å². The van der Waals surface area contributed by atoms with Crippen molar-refractivity contribution in [2.75, 3.05) is 0 Å². The van der Waals surface area contributed by atoms with Crippen LogP contribution in [0.2, 0.25) is 0 Å². The Morgan fingerprint density at radius 1 is 1.00 bits per heavy atom. The lowest BCUT2D eigenvalue weighted by molar-refractivity contribution is -0.274. The lowest BCUT2D eigenvalue weighted by Gasteiger charge is -2.08. The van der Waals surface area contributed by atoms with Crippen LogP contribution in [-0.2, 0) is 0 Å². The highest BCUT2D eigenvalue weighted by atomic mass is 19.4. The van der Waals surface area contributed by atoms with E-state index in [-0.39, 0.29) is 11.0 Å². The first-order valence-corrected chi connectivity index (χ1v) is 5.30. The molecule has 2 aromatic carbocycles. The van der Waals surface area contributed by atoms with Gasteiger partial charge in [0.25, 0.3) is 0 Å². The maximum atomic E-state index is 13.9. The van der Waals surface area contributed by atoms with E-state index in [2.05, 4.69) is 4.74 Å². The molecule has 3 aromatic rings. The van der Waals surface area contributed by atoms with Crippen LogP contribution in [0.4, 0.5) is 17.6 Å². The number of rotatable bonds is 1. The number of fused-ring (bicyclic) bond motifs is 3. The minimum atomic E-state index is -4.87. The van der Waals surface area contributed by atoms with Crippen molar-refractivity contribution in [2.45, 2.75) is 6.36 Å². The number of alkyl halides is 3. The number of benzene rings is 2. The van der Waals surface area contributed by atoms with Gasteiger partial charge >= 0.3 is 6.36 Å². The third-order valence-corrected chi connectivity index (χ3v) is 2.64. The van der Waals surface area contributed by atoms with Crippen LogP contribution >= 0.6 is 0 Å². The molecule has 0 aliphatic carbocycles. The van der Waals surface area contributed by atoms with E-state index in [0.717, 1.165) is 6.07 Å². The topological polar surface area (TPSA) is 22.4 Å². The van der Waals surface area contributed by atoms with Gasteiger partial charge in [0.1, 0.15) is 22.7 Å². The lowest BCUT2D eigenvalue weighted by atomic mass is 10.1. The summed E-state index contributed by atoms with van der Waals surface area (Å²) in [6.45, 7) is 0. The zero-order valence-electron chi connectivity index (χ0n) is 9.29. The quantitative estimate of drug-likeness (QED) is 0.602. The predicted octanol–water partition coefficient (Wildman–Crippen LogP) is 4.62. The maximum Gasteiger partial charge on any atom is 0.573 e. The van der Waals surface area contributed by atoms with Gasteiger partial charge in [-0.15, -0.1) is 13.2 Å². The molecule has 6 heteroatoms. The van der Waals surface area contributed by atoms with Gasteiger partial charge in [-0.2, -0.15) is 0 Å². The van der Waals surface area contributed by atoms with Crippen molar-refractivity contribution >= 4 is 21.9 Å². The van der Waals surface area contributed by atoms with Crippen LogP contribution in [0, 0.1) is 5.82 Å². The van der Waals surface area contributed by atoms with Gasteiger partial charge in [-0.3, -0.25) is 0 Å². The third-order valence-electron chi connectivity index (χ3n) is 2.64. The SMILES string of the molecule is Fc1cc(OC(F)(F)F)cc2oc3ccccc3c12. The Bertz CT molecular complexity index is 758. The molecule has 2 nitrogen and oxygen atoms in total. The largest absolute Gasteiger partial charge is 0.573 e. The maximum absolute atomic E-state index is 13.9. The number of hydrogen-bond donors (Lipinski definition) is 0. The number of furan rings is 1. The van der Waals surface area contributed by atoms with Crippen molar-refractivity contribution in [3.63, 3.8) is 0 Å². The fourth-order valence-electron chi connectivity index (χ4n) is 1.97. The Labute approximate surface area is 104 Å². The summed E-state index contributed by atoms with van der Waals surface area (Å²) < 4.78 is 59.2. The molecule has 0 fully saturated rings. The van der Waals surface area contributed by atoms with Crippen molar-refractivity contribution in [1.82, 2.24) is 0 Å². The van der Waals surface area contributed by atoms with Crippen LogP contribution in [0.5, 0.6) is 5.75 Å². The summed E-state index contributed by atoms with van der Waals surface area (Å²) in [4.78, 5) is 0. The summed E-state index contributed by atoms with van der Waals surface area (Å²) in [5, 5.41) is 0.652. The fourth-order valence-corrected chi connectivity index (χ4v) is 1.97. The summed E-state index contributed by atoms with van der Waals surface area (Å²) in [5.41, 5.74) is 0.418. The van der Waals surface area contributed by atoms with E-state index in [1.165, 1.54) is 0 Å². The van der Waals surface area contributed by atoms with E-state index in [4.69, 9.17) is 4.42 Å². The van der Waals surface area contributed by atoms with Crippen molar-refractivity contribution in [1.29, 1.82) is 0 Å². The third kappa shape index (κ3) is 2.09. The smallest absolute Gasteiger partial charge is 0.456 e. The second kappa shape index (κ2) is 3.88. The van der Waals surface area contributed by atoms with Gasteiger partial charge in [0.05, 0.1) is 5.39 Å². The molecular weight excluding hydrogens is 264 g/mol. The highest BCUT2D eigenvalue weighted by molar-refractivity contribution is 6.05. The number of halogens is 4. The van der Waals surface area contributed by atoms with E-state index in [1.54, 1.807) is 24.3 Å². The first-order valence-electron chi connectivity index (χ1n) is 5.30. The van der Waals surface area contributed by atoms with E-state index in [9.17, 15) is 17.6 Å². The van der Waals surface area contributed by atoms with Gasteiger partial charge in [-0.1, -0.05) is 18.2 Å². The number of ether oxygens (including phenoxy) is 1. The first-order chi connectivity index (χ1) is 8.94.